The maximum absolute atomic E-state index is 5.99. The fourth-order valence-electron chi connectivity index (χ4n) is 3.28. The summed E-state index contributed by atoms with van der Waals surface area (Å²) in [6.07, 6.45) is 0.569. The van der Waals surface area contributed by atoms with Gasteiger partial charge in [-0.15, -0.1) is 0 Å². The summed E-state index contributed by atoms with van der Waals surface area (Å²) in [5, 5.41) is 3.05. The Bertz CT molecular complexity index is 994. The molecule has 0 saturated heterocycles. The zero-order valence-electron chi connectivity index (χ0n) is 13.5. The van der Waals surface area contributed by atoms with E-state index < -0.39 is 0 Å². The molecule has 7 nitrogen and oxygen atoms in total. The Labute approximate surface area is 144 Å². The molecule has 1 unspecified atom stereocenters. The minimum atomic E-state index is -0.305. The predicted molar refractivity (Wildman–Crippen MR) is 95.2 cm³/mol. The van der Waals surface area contributed by atoms with Crippen LogP contribution in [0.1, 0.15) is 18.2 Å². The SMILES string of the molecule is NC1=NC(c2ccc3c(c2)OCCCO3)n2c(nc3ccccc32)N1. The molecule has 25 heavy (non-hydrogen) atoms. The van der Waals surface area contributed by atoms with E-state index in [-0.39, 0.29) is 6.17 Å². The van der Waals surface area contributed by atoms with Gasteiger partial charge in [0.1, 0.15) is 0 Å². The van der Waals surface area contributed by atoms with Crippen LogP contribution in [0.4, 0.5) is 5.95 Å². The van der Waals surface area contributed by atoms with Crippen molar-refractivity contribution in [1.29, 1.82) is 0 Å². The van der Waals surface area contributed by atoms with Crippen molar-refractivity contribution in [3.8, 4) is 11.5 Å². The molecule has 7 heteroatoms. The standard InChI is InChI=1S/C18H17N5O2/c19-17-21-16(11-6-7-14-15(10-11)25-9-3-8-24-14)23-13-5-2-1-4-12(13)20-18(23)22-17/h1-2,4-7,10,16H,3,8-9H2,(H3,19,20,21,22). The molecule has 0 spiro atoms. The van der Waals surface area contributed by atoms with Gasteiger partial charge in [-0.3, -0.25) is 9.88 Å². The van der Waals surface area contributed by atoms with Crippen LogP contribution >= 0.6 is 0 Å². The number of nitrogens with two attached hydrogens (primary N) is 1. The van der Waals surface area contributed by atoms with E-state index >= 15 is 0 Å². The van der Waals surface area contributed by atoms with Crippen molar-refractivity contribution in [1.82, 2.24) is 9.55 Å². The molecule has 0 saturated carbocycles. The number of benzene rings is 2. The molecule has 3 heterocycles. The summed E-state index contributed by atoms with van der Waals surface area (Å²) in [5.41, 5.74) is 8.86. The molecule has 0 bridgehead atoms. The fraction of sp³-hybridized carbons (Fsp3) is 0.222. The number of guanidine groups is 1. The van der Waals surface area contributed by atoms with Crippen LogP contribution in [0.25, 0.3) is 11.0 Å². The maximum atomic E-state index is 5.99. The monoisotopic (exact) mass is 335 g/mol. The van der Waals surface area contributed by atoms with Crippen molar-refractivity contribution in [2.24, 2.45) is 10.7 Å². The van der Waals surface area contributed by atoms with Crippen molar-refractivity contribution >= 4 is 22.9 Å². The van der Waals surface area contributed by atoms with Crippen LogP contribution in [-0.2, 0) is 0 Å². The van der Waals surface area contributed by atoms with Gasteiger partial charge in [-0.05, 0) is 24.3 Å². The van der Waals surface area contributed by atoms with E-state index in [2.05, 4.69) is 15.3 Å². The van der Waals surface area contributed by atoms with Gasteiger partial charge in [0, 0.05) is 12.0 Å². The first kappa shape index (κ1) is 14.2. The molecule has 2 aliphatic heterocycles. The second-order valence-corrected chi connectivity index (χ2v) is 6.06. The lowest BCUT2D eigenvalue weighted by molar-refractivity contribution is 0.297. The third-order valence-corrected chi connectivity index (χ3v) is 4.41. The number of nitrogens with zero attached hydrogens (tertiary/aromatic N) is 3. The van der Waals surface area contributed by atoms with E-state index in [0.29, 0.717) is 25.1 Å². The van der Waals surface area contributed by atoms with Gasteiger partial charge >= 0.3 is 0 Å². The summed E-state index contributed by atoms with van der Waals surface area (Å²) in [6.45, 7) is 1.31. The van der Waals surface area contributed by atoms with Crippen LogP contribution in [0.3, 0.4) is 0 Å². The van der Waals surface area contributed by atoms with Gasteiger partial charge in [0.2, 0.25) is 5.95 Å². The van der Waals surface area contributed by atoms with E-state index in [1.54, 1.807) is 0 Å². The van der Waals surface area contributed by atoms with E-state index in [4.69, 9.17) is 15.2 Å². The molecule has 1 aromatic heterocycles. The zero-order chi connectivity index (χ0) is 16.8. The number of fused-ring (bicyclic) bond motifs is 4. The number of ether oxygens (including phenoxy) is 2. The molecule has 0 amide bonds. The number of aliphatic imine (C=N–C) groups is 1. The zero-order valence-corrected chi connectivity index (χ0v) is 13.5. The van der Waals surface area contributed by atoms with Crippen molar-refractivity contribution < 1.29 is 9.47 Å². The number of para-hydroxylation sites is 2. The van der Waals surface area contributed by atoms with Gasteiger partial charge in [0.25, 0.3) is 0 Å². The van der Waals surface area contributed by atoms with Gasteiger partial charge in [-0.2, -0.15) is 0 Å². The molecule has 3 aromatic rings. The van der Waals surface area contributed by atoms with E-state index in [1.807, 2.05) is 47.0 Å². The van der Waals surface area contributed by atoms with Gasteiger partial charge in [0.05, 0.1) is 24.2 Å². The third kappa shape index (κ3) is 2.27. The van der Waals surface area contributed by atoms with Gasteiger partial charge in [0.15, 0.2) is 23.6 Å². The first-order chi connectivity index (χ1) is 12.3. The summed E-state index contributed by atoms with van der Waals surface area (Å²) in [6, 6.07) is 13.9. The van der Waals surface area contributed by atoms with Crippen LogP contribution in [0.15, 0.2) is 47.5 Å². The second-order valence-electron chi connectivity index (χ2n) is 6.06. The molecule has 0 aliphatic carbocycles. The summed E-state index contributed by atoms with van der Waals surface area (Å²) < 4.78 is 13.6. The Morgan fingerprint density at radius 1 is 1.08 bits per heavy atom. The van der Waals surface area contributed by atoms with Crippen molar-refractivity contribution in [3.05, 3.63) is 48.0 Å². The summed E-state index contributed by atoms with van der Waals surface area (Å²) in [7, 11) is 0. The Kier molecular flexibility index (Phi) is 3.06. The van der Waals surface area contributed by atoms with Crippen molar-refractivity contribution in [3.63, 3.8) is 0 Å². The molecule has 0 fully saturated rings. The smallest absolute Gasteiger partial charge is 0.212 e. The predicted octanol–water partition coefficient (Wildman–Crippen LogP) is 2.48. The summed E-state index contributed by atoms with van der Waals surface area (Å²) in [4.78, 5) is 9.22. The Morgan fingerprint density at radius 2 is 1.92 bits per heavy atom. The van der Waals surface area contributed by atoms with Gasteiger partial charge in [-0.25, -0.2) is 9.98 Å². The number of imidazole rings is 1. The molecule has 5 rings (SSSR count). The number of aromatic nitrogens is 2. The van der Waals surface area contributed by atoms with E-state index in [1.165, 1.54) is 0 Å². The lowest BCUT2D eigenvalue weighted by Crippen LogP contribution is -2.31. The normalized spacial score (nSPS) is 18.9. The Morgan fingerprint density at radius 3 is 2.84 bits per heavy atom. The Hall–Kier alpha value is -3.22. The highest BCUT2D eigenvalue weighted by Crippen LogP contribution is 2.37. The molecule has 126 valence electrons. The van der Waals surface area contributed by atoms with Crippen LogP contribution in [-0.4, -0.2) is 28.7 Å². The first-order valence-electron chi connectivity index (χ1n) is 8.26. The average Bonchev–Trinajstić information content (AvgIpc) is 2.82. The number of nitrogens with one attached hydrogen (secondary N) is 1. The first-order valence-corrected chi connectivity index (χ1v) is 8.26. The molecular weight excluding hydrogens is 318 g/mol. The largest absolute Gasteiger partial charge is 0.490 e. The summed E-state index contributed by atoms with van der Waals surface area (Å²) in [5.74, 6) is 2.54. The maximum Gasteiger partial charge on any atom is 0.212 e. The fourth-order valence-corrected chi connectivity index (χ4v) is 3.28. The summed E-state index contributed by atoms with van der Waals surface area (Å²) >= 11 is 0. The highest BCUT2D eigenvalue weighted by atomic mass is 16.5. The van der Waals surface area contributed by atoms with Gasteiger partial charge in [-0.1, -0.05) is 18.2 Å². The van der Waals surface area contributed by atoms with Crippen LogP contribution in [0.2, 0.25) is 0 Å². The number of anilines is 1. The third-order valence-electron chi connectivity index (χ3n) is 4.41. The lowest BCUT2D eigenvalue weighted by atomic mass is 10.1. The van der Waals surface area contributed by atoms with E-state index in [9.17, 15) is 0 Å². The molecule has 0 radical (unpaired) electrons. The number of hydrogen-bond donors (Lipinski definition) is 2. The van der Waals surface area contributed by atoms with Crippen LogP contribution in [0, 0.1) is 0 Å². The van der Waals surface area contributed by atoms with E-state index in [0.717, 1.165) is 34.5 Å². The van der Waals surface area contributed by atoms with Crippen LogP contribution < -0.4 is 20.5 Å². The number of hydrogen-bond acceptors (Lipinski definition) is 6. The van der Waals surface area contributed by atoms with Crippen molar-refractivity contribution in [2.45, 2.75) is 12.6 Å². The molecule has 2 aliphatic rings. The molecular formula is C18H17N5O2. The topological polar surface area (TPSA) is 86.7 Å². The average molecular weight is 335 g/mol. The number of rotatable bonds is 1. The lowest BCUT2D eigenvalue weighted by Gasteiger charge is -2.24. The van der Waals surface area contributed by atoms with Crippen LogP contribution in [0.5, 0.6) is 11.5 Å². The quantitative estimate of drug-likeness (QED) is 0.713. The highest BCUT2D eigenvalue weighted by Gasteiger charge is 2.26. The second kappa shape index (κ2) is 5.41. The Balaban J connectivity index is 1.67. The minimum absolute atomic E-state index is 0.305. The molecule has 1 atom stereocenters. The minimum Gasteiger partial charge on any atom is -0.490 e. The van der Waals surface area contributed by atoms with Crippen molar-refractivity contribution in [2.75, 3.05) is 18.5 Å². The van der Waals surface area contributed by atoms with Gasteiger partial charge < -0.3 is 15.2 Å². The molecule has 3 N–H and O–H groups in total. The molecule has 2 aromatic carbocycles. The highest BCUT2D eigenvalue weighted by molar-refractivity contribution is 5.94.